The number of fused-ring (bicyclic) bond motifs is 1. The van der Waals surface area contributed by atoms with Crippen molar-refractivity contribution in [2.75, 3.05) is 0 Å². The van der Waals surface area contributed by atoms with Crippen LogP contribution in [0.15, 0.2) is 24.3 Å². The topological polar surface area (TPSA) is 54.5 Å². The Balaban J connectivity index is 2.23. The highest BCUT2D eigenvalue weighted by molar-refractivity contribution is 7.20. The fraction of sp³-hybridized carbons (Fsp3) is 0.267. The largest absolute Gasteiger partial charge is 0.218 e. The Morgan fingerprint density at radius 3 is 2.57 bits per heavy atom. The summed E-state index contributed by atoms with van der Waals surface area (Å²) >= 11 is 7.85. The summed E-state index contributed by atoms with van der Waals surface area (Å²) in [6.45, 7) is 6.03. The van der Waals surface area contributed by atoms with E-state index in [9.17, 15) is 5.26 Å². The second-order valence-electron chi connectivity index (χ2n) is 5.75. The number of hydrogen-bond donors (Lipinski definition) is 0. The molecule has 0 spiro atoms. The first-order chi connectivity index (χ1) is 9.91. The van der Waals surface area contributed by atoms with E-state index in [0.29, 0.717) is 21.5 Å². The van der Waals surface area contributed by atoms with E-state index in [-0.39, 0.29) is 5.41 Å². The zero-order valence-electron chi connectivity index (χ0n) is 11.9. The first-order valence-electron chi connectivity index (χ1n) is 6.47. The minimum atomic E-state index is -0.253. The van der Waals surface area contributed by atoms with E-state index < -0.39 is 0 Å². The van der Waals surface area contributed by atoms with Crippen molar-refractivity contribution in [1.29, 1.82) is 5.26 Å². The van der Waals surface area contributed by atoms with Crippen LogP contribution in [0.3, 0.4) is 0 Å². The summed E-state index contributed by atoms with van der Waals surface area (Å²) in [6, 6.07) is 10.0. The normalized spacial score (nSPS) is 11.8. The third-order valence-corrected chi connectivity index (χ3v) is 4.48. The summed E-state index contributed by atoms with van der Waals surface area (Å²) in [4.78, 5) is 4.54. The van der Waals surface area contributed by atoms with Gasteiger partial charge >= 0.3 is 0 Å². The predicted molar refractivity (Wildman–Crippen MR) is 85.2 cm³/mol. The standard InChI is InChI=1S/C15H13ClN4S/c1-15(2,3)12-9(8-17)13(16)20(19-12)14-18-10-6-4-5-7-11(10)21-14/h4-7H,1-3H3. The highest BCUT2D eigenvalue weighted by Gasteiger charge is 2.27. The summed E-state index contributed by atoms with van der Waals surface area (Å²) in [5.41, 5.74) is 1.76. The number of benzene rings is 1. The number of thiazole rings is 1. The molecule has 0 bridgehead atoms. The highest BCUT2D eigenvalue weighted by atomic mass is 35.5. The van der Waals surface area contributed by atoms with Crippen molar-refractivity contribution < 1.29 is 0 Å². The Kier molecular flexibility index (Phi) is 3.23. The Morgan fingerprint density at radius 1 is 1.29 bits per heavy atom. The molecule has 0 aliphatic rings. The van der Waals surface area contributed by atoms with Gasteiger partial charge in [0, 0.05) is 5.41 Å². The Labute approximate surface area is 131 Å². The van der Waals surface area contributed by atoms with Gasteiger partial charge in [-0.05, 0) is 12.1 Å². The Bertz CT molecular complexity index is 831. The SMILES string of the molecule is CC(C)(C)c1nn(-c2nc3ccccc3s2)c(Cl)c1C#N. The molecule has 106 valence electrons. The molecule has 2 aromatic heterocycles. The van der Waals surface area contributed by atoms with Crippen LogP contribution in [0.5, 0.6) is 0 Å². The van der Waals surface area contributed by atoms with Crippen LogP contribution in [-0.2, 0) is 5.41 Å². The molecule has 0 aliphatic carbocycles. The number of hydrogen-bond acceptors (Lipinski definition) is 4. The van der Waals surface area contributed by atoms with Gasteiger partial charge in [-0.3, -0.25) is 0 Å². The number of aromatic nitrogens is 3. The fourth-order valence-corrected chi connectivity index (χ4v) is 3.32. The van der Waals surface area contributed by atoms with Gasteiger partial charge in [-0.25, -0.2) is 4.98 Å². The molecular weight excluding hydrogens is 304 g/mol. The van der Waals surface area contributed by atoms with Crippen LogP contribution in [0, 0.1) is 11.3 Å². The number of nitrogens with zero attached hydrogens (tertiary/aromatic N) is 4. The van der Waals surface area contributed by atoms with E-state index in [1.807, 2.05) is 45.0 Å². The van der Waals surface area contributed by atoms with Crippen molar-refractivity contribution in [3.63, 3.8) is 0 Å². The lowest BCUT2D eigenvalue weighted by molar-refractivity contribution is 0.559. The number of nitriles is 1. The van der Waals surface area contributed by atoms with Gasteiger partial charge in [0.2, 0.25) is 5.13 Å². The van der Waals surface area contributed by atoms with Crippen LogP contribution in [0.4, 0.5) is 0 Å². The van der Waals surface area contributed by atoms with Gasteiger partial charge in [0.05, 0.1) is 15.9 Å². The van der Waals surface area contributed by atoms with Crippen LogP contribution in [-0.4, -0.2) is 14.8 Å². The second kappa shape index (κ2) is 4.83. The lowest BCUT2D eigenvalue weighted by atomic mass is 9.90. The van der Waals surface area contributed by atoms with Crippen LogP contribution in [0.2, 0.25) is 5.15 Å². The van der Waals surface area contributed by atoms with E-state index >= 15 is 0 Å². The zero-order chi connectivity index (χ0) is 15.2. The minimum absolute atomic E-state index is 0.253. The third kappa shape index (κ3) is 2.31. The average Bonchev–Trinajstić information content (AvgIpc) is 2.98. The van der Waals surface area contributed by atoms with Crippen molar-refractivity contribution >= 4 is 33.2 Å². The van der Waals surface area contributed by atoms with Crippen molar-refractivity contribution in [3.05, 3.63) is 40.7 Å². The quantitative estimate of drug-likeness (QED) is 0.672. The number of halogens is 1. The van der Waals surface area contributed by atoms with Crippen molar-refractivity contribution in [3.8, 4) is 11.2 Å². The maximum absolute atomic E-state index is 9.36. The molecule has 0 atom stereocenters. The summed E-state index contributed by atoms with van der Waals surface area (Å²) in [5.74, 6) is 0. The number of para-hydroxylation sites is 1. The molecule has 0 radical (unpaired) electrons. The summed E-state index contributed by atoms with van der Waals surface area (Å²) in [6.07, 6.45) is 0. The monoisotopic (exact) mass is 316 g/mol. The summed E-state index contributed by atoms with van der Waals surface area (Å²) < 4.78 is 2.63. The fourth-order valence-electron chi connectivity index (χ4n) is 2.10. The Morgan fingerprint density at radius 2 is 2.00 bits per heavy atom. The van der Waals surface area contributed by atoms with Gasteiger partial charge in [0.1, 0.15) is 11.6 Å². The molecule has 0 amide bonds. The highest BCUT2D eigenvalue weighted by Crippen LogP contribution is 2.33. The van der Waals surface area contributed by atoms with Crippen LogP contribution in [0.1, 0.15) is 32.0 Å². The first kappa shape index (κ1) is 14.1. The van der Waals surface area contributed by atoms with E-state index in [2.05, 4.69) is 16.2 Å². The van der Waals surface area contributed by atoms with Gasteiger partial charge in [0.25, 0.3) is 0 Å². The van der Waals surface area contributed by atoms with Gasteiger partial charge < -0.3 is 0 Å². The molecule has 0 saturated heterocycles. The van der Waals surface area contributed by atoms with Crippen molar-refractivity contribution in [2.24, 2.45) is 0 Å². The van der Waals surface area contributed by atoms with E-state index in [1.54, 1.807) is 4.68 Å². The molecule has 0 unspecified atom stereocenters. The third-order valence-electron chi connectivity index (χ3n) is 3.12. The molecule has 3 aromatic rings. The van der Waals surface area contributed by atoms with Crippen molar-refractivity contribution in [2.45, 2.75) is 26.2 Å². The number of rotatable bonds is 1. The van der Waals surface area contributed by atoms with Gasteiger partial charge in [-0.2, -0.15) is 15.0 Å². The van der Waals surface area contributed by atoms with Gasteiger partial charge in [0.15, 0.2) is 5.15 Å². The average molecular weight is 317 g/mol. The lowest BCUT2D eigenvalue weighted by Crippen LogP contribution is -2.14. The summed E-state index contributed by atoms with van der Waals surface area (Å²) in [5, 5.41) is 14.9. The molecule has 3 rings (SSSR count). The summed E-state index contributed by atoms with van der Waals surface area (Å²) in [7, 11) is 0. The van der Waals surface area contributed by atoms with E-state index in [1.165, 1.54) is 11.3 Å². The first-order valence-corrected chi connectivity index (χ1v) is 7.66. The maximum atomic E-state index is 9.36. The van der Waals surface area contributed by atoms with Crippen LogP contribution < -0.4 is 0 Å². The zero-order valence-corrected chi connectivity index (χ0v) is 13.5. The molecule has 0 saturated carbocycles. The van der Waals surface area contributed by atoms with Crippen LogP contribution >= 0.6 is 22.9 Å². The smallest absolute Gasteiger partial charge is 0.212 e. The van der Waals surface area contributed by atoms with E-state index in [0.717, 1.165) is 10.2 Å². The molecule has 0 fully saturated rings. The van der Waals surface area contributed by atoms with Gasteiger partial charge in [-0.1, -0.05) is 55.8 Å². The molecule has 0 aliphatic heterocycles. The molecule has 1 aromatic carbocycles. The molecule has 21 heavy (non-hydrogen) atoms. The van der Waals surface area contributed by atoms with E-state index in [4.69, 9.17) is 11.6 Å². The molecular formula is C15H13ClN4S. The van der Waals surface area contributed by atoms with Gasteiger partial charge in [-0.15, -0.1) is 0 Å². The van der Waals surface area contributed by atoms with Crippen molar-refractivity contribution in [1.82, 2.24) is 14.8 Å². The Hall–Kier alpha value is -1.90. The minimum Gasteiger partial charge on any atom is -0.218 e. The molecule has 2 heterocycles. The maximum Gasteiger partial charge on any atom is 0.212 e. The van der Waals surface area contributed by atoms with Crippen LogP contribution in [0.25, 0.3) is 15.3 Å². The predicted octanol–water partition coefficient (Wildman–Crippen LogP) is 4.30. The molecule has 0 N–H and O–H groups in total. The second-order valence-corrected chi connectivity index (χ2v) is 7.12. The lowest BCUT2D eigenvalue weighted by Gasteiger charge is -2.14. The molecule has 4 nitrogen and oxygen atoms in total. The molecule has 6 heteroatoms.